The maximum Gasteiger partial charge on any atom is 0.337 e. The first-order chi connectivity index (χ1) is 9.97. The highest BCUT2D eigenvalue weighted by Gasteiger charge is 2.28. The van der Waals surface area contributed by atoms with E-state index in [1.165, 1.54) is 6.42 Å². The highest BCUT2D eigenvalue weighted by atomic mass is 16.4. The molecule has 1 aliphatic rings. The summed E-state index contributed by atoms with van der Waals surface area (Å²) in [5.41, 5.74) is 1.87. The molecule has 112 valence electrons. The van der Waals surface area contributed by atoms with Crippen LogP contribution in [0.1, 0.15) is 55.3 Å². The third kappa shape index (κ3) is 2.43. The molecule has 2 unspecified atom stereocenters. The van der Waals surface area contributed by atoms with Crippen LogP contribution in [0.5, 0.6) is 0 Å². The van der Waals surface area contributed by atoms with Crippen molar-refractivity contribution in [2.24, 2.45) is 11.8 Å². The minimum atomic E-state index is -0.907. The average molecular weight is 286 g/mol. The molecule has 0 radical (unpaired) electrons. The molecule has 0 spiro atoms. The summed E-state index contributed by atoms with van der Waals surface area (Å²) in [6, 6.07) is 5.87. The fourth-order valence-electron chi connectivity index (χ4n) is 3.98. The molecule has 1 heterocycles. The highest BCUT2D eigenvalue weighted by molar-refractivity contribution is 6.01. The molecule has 0 amide bonds. The van der Waals surface area contributed by atoms with Gasteiger partial charge in [0.25, 0.3) is 0 Å². The molecule has 21 heavy (non-hydrogen) atoms. The molecular weight excluding hydrogens is 264 g/mol. The molecule has 1 saturated carbocycles. The first-order valence-corrected chi connectivity index (χ1v) is 7.68. The van der Waals surface area contributed by atoms with Crippen LogP contribution in [-0.4, -0.2) is 20.6 Å². The van der Waals surface area contributed by atoms with Crippen LogP contribution in [0.2, 0.25) is 0 Å². The summed E-state index contributed by atoms with van der Waals surface area (Å²) in [7, 11) is 0. The van der Waals surface area contributed by atoms with Crippen molar-refractivity contribution >= 4 is 17.0 Å². The number of hydrogen-bond acceptors (Lipinski definition) is 2. The number of para-hydroxylation sites is 1. The van der Waals surface area contributed by atoms with Crippen molar-refractivity contribution < 1.29 is 9.90 Å². The molecule has 2 atom stereocenters. The summed E-state index contributed by atoms with van der Waals surface area (Å²) in [4.78, 5) is 15.9. The van der Waals surface area contributed by atoms with E-state index in [1.807, 2.05) is 19.1 Å². The van der Waals surface area contributed by atoms with E-state index in [-0.39, 0.29) is 0 Å². The Balaban J connectivity index is 2.12. The minimum Gasteiger partial charge on any atom is -0.478 e. The second-order valence-electron chi connectivity index (χ2n) is 6.58. The Morgan fingerprint density at radius 3 is 2.52 bits per heavy atom. The molecule has 0 aliphatic heterocycles. The zero-order valence-electron chi connectivity index (χ0n) is 12.8. The second-order valence-corrected chi connectivity index (χ2v) is 6.58. The molecule has 4 heteroatoms. The Kier molecular flexibility index (Phi) is 3.47. The summed E-state index contributed by atoms with van der Waals surface area (Å²) < 4.78 is 2.26. The van der Waals surface area contributed by atoms with Crippen LogP contribution in [0.3, 0.4) is 0 Å². The van der Waals surface area contributed by atoms with Gasteiger partial charge in [-0.3, -0.25) is 0 Å². The quantitative estimate of drug-likeness (QED) is 0.906. The van der Waals surface area contributed by atoms with Gasteiger partial charge in [-0.25, -0.2) is 9.78 Å². The Labute approximate surface area is 124 Å². The number of hydrogen-bond donors (Lipinski definition) is 1. The van der Waals surface area contributed by atoms with Gasteiger partial charge in [-0.15, -0.1) is 0 Å². The molecule has 1 aromatic heterocycles. The zero-order chi connectivity index (χ0) is 15.1. The molecular formula is C17H22N2O2. The van der Waals surface area contributed by atoms with E-state index in [0.29, 0.717) is 29.0 Å². The lowest BCUT2D eigenvalue weighted by molar-refractivity contribution is 0.0699. The van der Waals surface area contributed by atoms with Crippen LogP contribution >= 0.6 is 0 Å². The highest BCUT2D eigenvalue weighted by Crippen LogP contribution is 2.38. The Bertz CT molecular complexity index is 679. The van der Waals surface area contributed by atoms with Crippen LogP contribution in [0.4, 0.5) is 0 Å². The fraction of sp³-hybridized carbons (Fsp3) is 0.529. The van der Waals surface area contributed by atoms with Crippen molar-refractivity contribution in [2.75, 3.05) is 0 Å². The number of benzene rings is 1. The van der Waals surface area contributed by atoms with Crippen molar-refractivity contribution in [3.8, 4) is 0 Å². The largest absolute Gasteiger partial charge is 0.478 e. The van der Waals surface area contributed by atoms with Crippen molar-refractivity contribution in [1.29, 1.82) is 0 Å². The van der Waals surface area contributed by atoms with Crippen molar-refractivity contribution in [2.45, 2.75) is 46.1 Å². The van der Waals surface area contributed by atoms with E-state index in [2.05, 4.69) is 23.4 Å². The number of carbonyl (C=O) groups is 1. The van der Waals surface area contributed by atoms with Gasteiger partial charge in [-0.2, -0.15) is 0 Å². The first-order valence-electron chi connectivity index (χ1n) is 7.68. The maximum atomic E-state index is 11.4. The SMILES string of the molecule is Cc1nc2c(C(=O)O)cccc2n1C1CC(C)CC(C)C1. The normalized spacial score (nSPS) is 26.1. The zero-order valence-corrected chi connectivity index (χ0v) is 12.8. The number of aromatic nitrogens is 2. The monoisotopic (exact) mass is 286 g/mol. The molecule has 0 saturated heterocycles. The number of aryl methyl sites for hydroxylation is 1. The number of fused-ring (bicyclic) bond motifs is 1. The summed E-state index contributed by atoms with van der Waals surface area (Å²) in [5.74, 6) is 1.43. The molecule has 3 rings (SSSR count). The number of rotatable bonds is 2. The Morgan fingerprint density at radius 2 is 1.90 bits per heavy atom. The third-order valence-corrected chi connectivity index (χ3v) is 4.65. The van der Waals surface area contributed by atoms with Crippen LogP contribution in [-0.2, 0) is 0 Å². The molecule has 2 aromatic rings. The lowest BCUT2D eigenvalue weighted by Crippen LogP contribution is -2.23. The summed E-state index contributed by atoms with van der Waals surface area (Å²) in [6.45, 7) is 6.59. The van der Waals surface area contributed by atoms with Gasteiger partial charge in [-0.1, -0.05) is 19.9 Å². The number of carboxylic acids is 1. The van der Waals surface area contributed by atoms with Gasteiger partial charge in [0.05, 0.1) is 11.1 Å². The van der Waals surface area contributed by atoms with Gasteiger partial charge in [0, 0.05) is 6.04 Å². The number of nitrogens with zero attached hydrogens (tertiary/aromatic N) is 2. The van der Waals surface area contributed by atoms with Gasteiger partial charge >= 0.3 is 5.97 Å². The fourth-order valence-corrected chi connectivity index (χ4v) is 3.98. The van der Waals surface area contributed by atoms with E-state index in [0.717, 1.165) is 24.2 Å². The van der Waals surface area contributed by atoms with Gasteiger partial charge in [0.15, 0.2) is 0 Å². The van der Waals surface area contributed by atoms with Crippen molar-refractivity contribution in [1.82, 2.24) is 9.55 Å². The minimum absolute atomic E-state index is 0.297. The summed E-state index contributed by atoms with van der Waals surface area (Å²) in [6.07, 6.45) is 3.57. The molecule has 1 N–H and O–H groups in total. The Morgan fingerprint density at radius 1 is 1.24 bits per heavy atom. The molecule has 1 fully saturated rings. The van der Waals surface area contributed by atoms with E-state index in [1.54, 1.807) is 6.07 Å². The number of imidazole rings is 1. The second kappa shape index (κ2) is 5.17. The van der Waals surface area contributed by atoms with Gasteiger partial charge < -0.3 is 9.67 Å². The molecule has 1 aliphatic carbocycles. The molecule has 0 bridgehead atoms. The van der Waals surface area contributed by atoms with Crippen LogP contribution < -0.4 is 0 Å². The van der Waals surface area contributed by atoms with E-state index in [9.17, 15) is 9.90 Å². The van der Waals surface area contributed by atoms with Crippen LogP contribution in [0, 0.1) is 18.8 Å². The third-order valence-electron chi connectivity index (χ3n) is 4.65. The molecule has 1 aromatic carbocycles. The van der Waals surface area contributed by atoms with Crippen LogP contribution in [0.25, 0.3) is 11.0 Å². The lowest BCUT2D eigenvalue weighted by atomic mass is 9.80. The summed E-state index contributed by atoms with van der Waals surface area (Å²) >= 11 is 0. The smallest absolute Gasteiger partial charge is 0.337 e. The van der Waals surface area contributed by atoms with Gasteiger partial charge in [-0.05, 0) is 50.2 Å². The van der Waals surface area contributed by atoms with Gasteiger partial charge in [0.2, 0.25) is 0 Å². The average Bonchev–Trinajstić information content (AvgIpc) is 2.72. The van der Waals surface area contributed by atoms with Crippen molar-refractivity contribution in [3.63, 3.8) is 0 Å². The molecule has 4 nitrogen and oxygen atoms in total. The summed E-state index contributed by atoms with van der Waals surface area (Å²) in [5, 5.41) is 9.33. The van der Waals surface area contributed by atoms with E-state index >= 15 is 0 Å². The van der Waals surface area contributed by atoms with E-state index < -0.39 is 5.97 Å². The predicted molar refractivity (Wildman–Crippen MR) is 82.6 cm³/mol. The van der Waals surface area contributed by atoms with Crippen LogP contribution in [0.15, 0.2) is 18.2 Å². The standard InChI is InChI=1S/C17H22N2O2/c1-10-7-11(2)9-13(8-10)19-12(3)18-16-14(17(20)21)5-4-6-15(16)19/h4-6,10-11,13H,7-9H2,1-3H3,(H,20,21). The van der Waals surface area contributed by atoms with E-state index in [4.69, 9.17) is 0 Å². The maximum absolute atomic E-state index is 11.4. The Hall–Kier alpha value is -1.84. The number of carboxylic acid groups (broad SMARTS) is 1. The predicted octanol–water partition coefficient (Wildman–Crippen LogP) is 4.04. The number of aromatic carboxylic acids is 1. The topological polar surface area (TPSA) is 55.1 Å². The lowest BCUT2D eigenvalue weighted by Gasteiger charge is -2.33. The van der Waals surface area contributed by atoms with Crippen molar-refractivity contribution in [3.05, 3.63) is 29.6 Å². The first kappa shape index (κ1) is 14.1. The van der Waals surface area contributed by atoms with Gasteiger partial charge in [0.1, 0.15) is 11.3 Å².